The van der Waals surface area contributed by atoms with Gasteiger partial charge in [0.1, 0.15) is 18.1 Å². The molecule has 7 nitrogen and oxygen atoms in total. The molecule has 1 N–H and O–H groups in total. The van der Waals surface area contributed by atoms with Crippen molar-refractivity contribution in [3.63, 3.8) is 0 Å². The summed E-state index contributed by atoms with van der Waals surface area (Å²) in [5.74, 6) is -0.433. The van der Waals surface area contributed by atoms with Crippen LogP contribution in [0.1, 0.15) is 6.92 Å². The van der Waals surface area contributed by atoms with Gasteiger partial charge in [-0.3, -0.25) is 4.72 Å². The van der Waals surface area contributed by atoms with Gasteiger partial charge in [-0.05, 0) is 43.3 Å². The summed E-state index contributed by atoms with van der Waals surface area (Å²) in [5.41, 5.74) is 0.318. The topological polar surface area (TPSA) is 105 Å². The monoisotopic (exact) mass is 400 g/mol. The van der Waals surface area contributed by atoms with Gasteiger partial charge >= 0.3 is 0 Å². The van der Waals surface area contributed by atoms with Gasteiger partial charge in [-0.2, -0.15) is 0 Å². The Bertz CT molecular complexity index is 1090. The quantitative estimate of drug-likeness (QED) is 0.621. The summed E-state index contributed by atoms with van der Waals surface area (Å²) >= 11 is 0. The number of ether oxygens (including phenoxy) is 2. The van der Waals surface area contributed by atoms with Crippen LogP contribution < -0.4 is 19.3 Å². The third-order valence-corrected chi connectivity index (χ3v) is 5.34. The first kappa shape index (κ1) is 19.5. The summed E-state index contributed by atoms with van der Waals surface area (Å²) < 4.78 is 38.9. The molecule has 0 atom stereocenters. The van der Waals surface area contributed by atoms with Crippen molar-refractivity contribution < 1.29 is 27.8 Å². The van der Waals surface area contributed by atoms with Crippen molar-refractivity contribution in [3.8, 4) is 11.5 Å². The molecule has 0 aliphatic carbocycles. The predicted octanol–water partition coefficient (Wildman–Crippen LogP) is 2.17. The number of benzene rings is 3. The van der Waals surface area contributed by atoms with Crippen molar-refractivity contribution >= 4 is 32.5 Å². The van der Waals surface area contributed by atoms with Gasteiger partial charge in [0.25, 0.3) is 10.0 Å². The number of carboxylic acid groups (broad SMARTS) is 1. The van der Waals surface area contributed by atoms with Gasteiger partial charge in [0, 0.05) is 16.5 Å². The van der Waals surface area contributed by atoms with Crippen LogP contribution in [0.5, 0.6) is 11.5 Å². The van der Waals surface area contributed by atoms with Gasteiger partial charge in [-0.25, -0.2) is 8.42 Å². The van der Waals surface area contributed by atoms with E-state index >= 15 is 0 Å². The van der Waals surface area contributed by atoms with E-state index in [0.29, 0.717) is 34.6 Å². The highest BCUT2D eigenvalue weighted by Gasteiger charge is 2.19. The average Bonchev–Trinajstić information content (AvgIpc) is 2.67. The van der Waals surface area contributed by atoms with E-state index in [4.69, 9.17) is 9.47 Å². The van der Waals surface area contributed by atoms with E-state index in [1.807, 2.05) is 19.1 Å². The van der Waals surface area contributed by atoms with E-state index in [-0.39, 0.29) is 4.90 Å². The minimum atomic E-state index is -3.86. The van der Waals surface area contributed by atoms with E-state index in [2.05, 4.69) is 4.72 Å². The van der Waals surface area contributed by atoms with Crippen LogP contribution >= 0.6 is 0 Å². The lowest BCUT2D eigenvalue weighted by Gasteiger charge is -2.14. The Morgan fingerprint density at radius 2 is 1.64 bits per heavy atom. The number of carbonyl (C=O) groups is 1. The number of sulfonamides is 1. The summed E-state index contributed by atoms with van der Waals surface area (Å²) in [5, 5.41) is 11.7. The number of hydrogen-bond acceptors (Lipinski definition) is 6. The first-order chi connectivity index (χ1) is 13.4. The van der Waals surface area contributed by atoms with Gasteiger partial charge in [0.05, 0.1) is 17.5 Å². The van der Waals surface area contributed by atoms with Gasteiger partial charge in [-0.1, -0.05) is 24.3 Å². The molecule has 0 heterocycles. The van der Waals surface area contributed by atoms with Gasteiger partial charge in [0.15, 0.2) is 0 Å². The summed E-state index contributed by atoms with van der Waals surface area (Å²) in [6, 6.07) is 16.2. The van der Waals surface area contributed by atoms with Crippen molar-refractivity contribution in [1.82, 2.24) is 0 Å². The second kappa shape index (κ2) is 8.18. The van der Waals surface area contributed by atoms with Gasteiger partial charge in [-0.15, -0.1) is 0 Å². The third kappa shape index (κ3) is 4.34. The molecule has 0 fully saturated rings. The number of rotatable bonds is 8. The van der Waals surface area contributed by atoms with Crippen LogP contribution in [0.25, 0.3) is 10.8 Å². The van der Waals surface area contributed by atoms with E-state index < -0.39 is 22.6 Å². The van der Waals surface area contributed by atoms with Crippen molar-refractivity contribution in [2.75, 3.05) is 17.9 Å². The molecule has 0 saturated heterocycles. The number of hydrogen-bond donors (Lipinski definition) is 1. The van der Waals surface area contributed by atoms with Crippen LogP contribution in [0, 0.1) is 0 Å². The average molecular weight is 400 g/mol. The molecular weight excluding hydrogens is 382 g/mol. The van der Waals surface area contributed by atoms with Crippen molar-refractivity contribution in [2.45, 2.75) is 11.8 Å². The molecule has 0 radical (unpaired) electrons. The first-order valence-electron chi connectivity index (χ1n) is 8.51. The number of nitrogens with one attached hydrogen (secondary N) is 1. The van der Waals surface area contributed by atoms with Crippen LogP contribution in [0.4, 0.5) is 5.69 Å². The van der Waals surface area contributed by atoms with E-state index in [1.165, 1.54) is 30.3 Å². The Kier molecular flexibility index (Phi) is 5.70. The van der Waals surface area contributed by atoms with Crippen LogP contribution in [-0.2, 0) is 14.8 Å². The SMILES string of the molecule is CCOc1ccc(S(=O)(=O)Nc2ccc(OCC(=O)[O-])cc2)c2ccccc12. The fourth-order valence-electron chi connectivity index (χ4n) is 2.73. The lowest BCUT2D eigenvalue weighted by Crippen LogP contribution is -2.28. The second-order valence-corrected chi connectivity index (χ2v) is 7.48. The maximum atomic E-state index is 12.9. The first-order valence-corrected chi connectivity index (χ1v) is 9.99. The van der Waals surface area contributed by atoms with Crippen LogP contribution in [-0.4, -0.2) is 27.6 Å². The Morgan fingerprint density at radius 3 is 2.29 bits per heavy atom. The minimum Gasteiger partial charge on any atom is -0.546 e. The molecule has 0 bridgehead atoms. The highest BCUT2D eigenvalue weighted by Crippen LogP contribution is 2.32. The highest BCUT2D eigenvalue weighted by molar-refractivity contribution is 7.93. The zero-order valence-corrected chi connectivity index (χ0v) is 15.9. The maximum absolute atomic E-state index is 12.9. The van der Waals surface area contributed by atoms with E-state index in [1.54, 1.807) is 18.2 Å². The maximum Gasteiger partial charge on any atom is 0.262 e. The molecule has 146 valence electrons. The number of aliphatic carboxylic acids is 1. The molecular formula is C20H18NO6S-. The lowest BCUT2D eigenvalue weighted by atomic mass is 10.1. The van der Waals surface area contributed by atoms with Crippen LogP contribution in [0.3, 0.4) is 0 Å². The van der Waals surface area contributed by atoms with Crippen LogP contribution in [0.2, 0.25) is 0 Å². The van der Waals surface area contributed by atoms with E-state index in [9.17, 15) is 18.3 Å². The minimum absolute atomic E-state index is 0.129. The Balaban J connectivity index is 1.89. The Labute approximate surface area is 162 Å². The largest absolute Gasteiger partial charge is 0.546 e. The molecule has 3 rings (SSSR count). The second-order valence-electron chi connectivity index (χ2n) is 5.83. The molecule has 8 heteroatoms. The van der Waals surface area contributed by atoms with Crippen LogP contribution in [0.15, 0.2) is 65.6 Å². The molecule has 28 heavy (non-hydrogen) atoms. The van der Waals surface area contributed by atoms with Crippen molar-refractivity contribution in [1.29, 1.82) is 0 Å². The number of fused-ring (bicyclic) bond motifs is 1. The highest BCUT2D eigenvalue weighted by atomic mass is 32.2. The predicted molar refractivity (Wildman–Crippen MR) is 103 cm³/mol. The molecule has 3 aromatic carbocycles. The number of carbonyl (C=O) groups excluding carboxylic acids is 1. The van der Waals surface area contributed by atoms with Crippen molar-refractivity contribution in [3.05, 3.63) is 60.7 Å². The molecule has 0 amide bonds. The smallest absolute Gasteiger partial charge is 0.262 e. The summed E-state index contributed by atoms with van der Waals surface area (Å²) in [7, 11) is -3.86. The Morgan fingerprint density at radius 1 is 0.964 bits per heavy atom. The zero-order valence-electron chi connectivity index (χ0n) is 15.0. The lowest BCUT2D eigenvalue weighted by molar-refractivity contribution is -0.307. The summed E-state index contributed by atoms with van der Waals surface area (Å²) in [6.07, 6.45) is 0. The van der Waals surface area contributed by atoms with Crippen molar-refractivity contribution in [2.24, 2.45) is 0 Å². The molecule has 3 aromatic rings. The van der Waals surface area contributed by atoms with Gasteiger partial charge in [0.2, 0.25) is 0 Å². The molecule has 0 aliphatic heterocycles. The third-order valence-electron chi connectivity index (χ3n) is 3.90. The molecule has 0 unspecified atom stereocenters. The molecule has 0 spiro atoms. The zero-order chi connectivity index (χ0) is 20.1. The molecule has 0 aromatic heterocycles. The van der Waals surface area contributed by atoms with Gasteiger partial charge < -0.3 is 19.4 Å². The van der Waals surface area contributed by atoms with E-state index in [0.717, 1.165) is 0 Å². The fourth-order valence-corrected chi connectivity index (χ4v) is 4.00. The standard InChI is InChI=1S/C20H19NO6S/c1-2-26-18-11-12-19(17-6-4-3-5-16(17)18)28(24,25)21-14-7-9-15(10-8-14)27-13-20(22)23/h3-12,21H,2,13H2,1H3,(H,22,23)/p-1. The number of carboxylic acids is 1. The number of anilines is 1. The fraction of sp³-hybridized carbons (Fsp3) is 0.150. The molecule has 0 saturated carbocycles. The normalized spacial score (nSPS) is 11.2. The summed E-state index contributed by atoms with van der Waals surface area (Å²) in [4.78, 5) is 10.5. The Hall–Kier alpha value is -3.26. The summed E-state index contributed by atoms with van der Waals surface area (Å²) in [6.45, 7) is 1.76. The molecule has 0 aliphatic rings.